The number of para-hydroxylation sites is 1. The fourth-order valence-electron chi connectivity index (χ4n) is 2.19. The first-order chi connectivity index (χ1) is 9.76. The number of aromatic nitrogens is 2. The number of benzene rings is 2. The van der Waals surface area contributed by atoms with E-state index in [2.05, 4.69) is 9.97 Å². The maximum absolute atomic E-state index is 12.0. The third-order valence-corrected chi connectivity index (χ3v) is 3.17. The van der Waals surface area contributed by atoms with Crippen molar-refractivity contribution in [3.8, 4) is 5.75 Å². The molecule has 1 aromatic heterocycles. The lowest BCUT2D eigenvalue weighted by atomic mass is 10.1. The highest BCUT2D eigenvalue weighted by molar-refractivity contribution is 5.77. The third-order valence-electron chi connectivity index (χ3n) is 3.17. The van der Waals surface area contributed by atoms with E-state index in [-0.39, 0.29) is 5.56 Å². The van der Waals surface area contributed by atoms with E-state index in [0.29, 0.717) is 23.1 Å². The number of nitrogens with one attached hydrogen (secondary N) is 1. The van der Waals surface area contributed by atoms with Crippen molar-refractivity contribution in [3.05, 3.63) is 70.3 Å². The molecular formula is C16H14N2O2. The molecule has 100 valence electrons. The molecular weight excluding hydrogens is 252 g/mol. The maximum atomic E-state index is 12.0. The molecule has 3 aromatic rings. The van der Waals surface area contributed by atoms with Crippen LogP contribution in [0.5, 0.6) is 5.75 Å². The lowest BCUT2D eigenvalue weighted by molar-refractivity contribution is 0.414. The summed E-state index contributed by atoms with van der Waals surface area (Å²) in [6, 6.07) is 15.1. The Kier molecular flexibility index (Phi) is 3.21. The Morgan fingerprint density at radius 1 is 1.15 bits per heavy atom. The van der Waals surface area contributed by atoms with Crippen molar-refractivity contribution < 1.29 is 4.74 Å². The van der Waals surface area contributed by atoms with Gasteiger partial charge in [0, 0.05) is 6.42 Å². The topological polar surface area (TPSA) is 55.0 Å². The van der Waals surface area contributed by atoms with Gasteiger partial charge in [-0.1, -0.05) is 24.3 Å². The van der Waals surface area contributed by atoms with Gasteiger partial charge in [-0.3, -0.25) is 4.79 Å². The number of H-pyrrole nitrogens is 1. The molecule has 0 spiro atoms. The summed E-state index contributed by atoms with van der Waals surface area (Å²) in [6.07, 6.45) is 0.567. The van der Waals surface area contributed by atoms with Gasteiger partial charge >= 0.3 is 0 Å². The normalized spacial score (nSPS) is 10.7. The number of nitrogens with zero attached hydrogens (tertiary/aromatic N) is 1. The molecule has 1 heterocycles. The van der Waals surface area contributed by atoms with E-state index in [9.17, 15) is 4.79 Å². The van der Waals surface area contributed by atoms with E-state index < -0.39 is 0 Å². The number of hydrogen-bond donors (Lipinski definition) is 1. The largest absolute Gasteiger partial charge is 0.497 e. The summed E-state index contributed by atoms with van der Waals surface area (Å²) in [4.78, 5) is 19.3. The van der Waals surface area contributed by atoms with Gasteiger partial charge in [0.2, 0.25) is 0 Å². The molecule has 0 aliphatic heterocycles. The highest BCUT2D eigenvalue weighted by atomic mass is 16.5. The smallest absolute Gasteiger partial charge is 0.258 e. The van der Waals surface area contributed by atoms with Crippen LogP contribution in [0.25, 0.3) is 10.9 Å². The monoisotopic (exact) mass is 266 g/mol. The maximum Gasteiger partial charge on any atom is 0.258 e. The van der Waals surface area contributed by atoms with Crippen LogP contribution in [0.4, 0.5) is 0 Å². The Balaban J connectivity index is 2.00. The molecule has 0 bridgehead atoms. The molecule has 0 aliphatic carbocycles. The first-order valence-electron chi connectivity index (χ1n) is 6.37. The Hall–Kier alpha value is -2.62. The lowest BCUT2D eigenvalue weighted by Gasteiger charge is -2.05. The van der Waals surface area contributed by atoms with Crippen LogP contribution in [0.3, 0.4) is 0 Å². The minimum Gasteiger partial charge on any atom is -0.497 e. The third kappa shape index (κ3) is 2.40. The summed E-state index contributed by atoms with van der Waals surface area (Å²) in [5.74, 6) is 1.45. The van der Waals surface area contributed by atoms with Gasteiger partial charge in [-0.15, -0.1) is 0 Å². The van der Waals surface area contributed by atoms with Crippen LogP contribution < -0.4 is 10.3 Å². The molecule has 20 heavy (non-hydrogen) atoms. The molecule has 2 aromatic carbocycles. The van der Waals surface area contributed by atoms with Crippen molar-refractivity contribution in [2.45, 2.75) is 6.42 Å². The second-order valence-electron chi connectivity index (χ2n) is 4.56. The zero-order valence-corrected chi connectivity index (χ0v) is 11.1. The van der Waals surface area contributed by atoms with E-state index in [0.717, 1.165) is 11.3 Å². The van der Waals surface area contributed by atoms with Gasteiger partial charge in [-0.2, -0.15) is 0 Å². The molecule has 3 rings (SSSR count). The van der Waals surface area contributed by atoms with Gasteiger partial charge < -0.3 is 9.72 Å². The van der Waals surface area contributed by atoms with Gasteiger partial charge in [0.25, 0.3) is 5.56 Å². The molecule has 0 atom stereocenters. The molecule has 4 heteroatoms. The number of aromatic amines is 1. The van der Waals surface area contributed by atoms with Crippen molar-refractivity contribution in [3.63, 3.8) is 0 Å². The van der Waals surface area contributed by atoms with Gasteiger partial charge in [-0.05, 0) is 29.8 Å². The molecule has 4 nitrogen and oxygen atoms in total. The molecule has 0 aliphatic rings. The number of ether oxygens (including phenoxy) is 1. The minimum absolute atomic E-state index is 0.103. The first kappa shape index (κ1) is 12.4. The van der Waals surface area contributed by atoms with E-state index >= 15 is 0 Å². The van der Waals surface area contributed by atoms with Gasteiger partial charge in [0.15, 0.2) is 0 Å². The zero-order valence-electron chi connectivity index (χ0n) is 11.1. The van der Waals surface area contributed by atoms with Crippen LogP contribution in [0, 0.1) is 0 Å². The summed E-state index contributed by atoms with van der Waals surface area (Å²) >= 11 is 0. The lowest BCUT2D eigenvalue weighted by Crippen LogP contribution is -2.12. The second-order valence-corrected chi connectivity index (χ2v) is 4.56. The zero-order chi connectivity index (χ0) is 13.9. The molecule has 0 amide bonds. The Labute approximate surface area is 116 Å². The van der Waals surface area contributed by atoms with Crippen LogP contribution in [0.2, 0.25) is 0 Å². The summed E-state index contributed by atoms with van der Waals surface area (Å²) in [7, 11) is 1.63. The van der Waals surface area contributed by atoms with Crippen molar-refractivity contribution in [1.82, 2.24) is 9.97 Å². The average Bonchev–Trinajstić information content (AvgIpc) is 2.47. The van der Waals surface area contributed by atoms with Crippen LogP contribution >= 0.6 is 0 Å². The fourth-order valence-corrected chi connectivity index (χ4v) is 2.19. The van der Waals surface area contributed by atoms with Crippen molar-refractivity contribution in [2.24, 2.45) is 0 Å². The van der Waals surface area contributed by atoms with Crippen LogP contribution in [-0.4, -0.2) is 17.1 Å². The molecule has 0 radical (unpaired) electrons. The number of rotatable bonds is 3. The first-order valence-corrected chi connectivity index (χ1v) is 6.37. The summed E-state index contributed by atoms with van der Waals surface area (Å²) in [5, 5.41) is 0.613. The van der Waals surface area contributed by atoms with Crippen molar-refractivity contribution >= 4 is 10.9 Å². The Bertz CT molecular complexity index is 809. The molecule has 0 fully saturated rings. The van der Waals surface area contributed by atoms with Crippen LogP contribution in [0.15, 0.2) is 53.3 Å². The van der Waals surface area contributed by atoms with E-state index in [1.165, 1.54) is 0 Å². The van der Waals surface area contributed by atoms with E-state index in [1.54, 1.807) is 13.2 Å². The highest BCUT2D eigenvalue weighted by Gasteiger charge is 2.04. The standard InChI is InChI=1S/C16H14N2O2/c1-20-12-6-4-5-11(9-12)10-15-17-14-8-3-2-7-13(14)16(19)18-15/h2-9H,10H2,1H3,(H,17,18,19). The SMILES string of the molecule is COc1cccc(Cc2nc3ccccc3c(=O)[nH]2)c1. The number of methoxy groups -OCH3 is 1. The number of fused-ring (bicyclic) bond motifs is 1. The summed E-state index contributed by atoms with van der Waals surface area (Å²) in [6.45, 7) is 0. The minimum atomic E-state index is -0.103. The predicted octanol–water partition coefficient (Wildman–Crippen LogP) is 2.52. The molecule has 1 N–H and O–H groups in total. The van der Waals surface area contributed by atoms with Crippen molar-refractivity contribution in [1.29, 1.82) is 0 Å². The second kappa shape index (κ2) is 5.17. The summed E-state index contributed by atoms with van der Waals surface area (Å²) < 4.78 is 5.19. The molecule has 0 unspecified atom stereocenters. The average molecular weight is 266 g/mol. The predicted molar refractivity (Wildman–Crippen MR) is 78.2 cm³/mol. The summed E-state index contributed by atoms with van der Waals surface area (Å²) in [5.41, 5.74) is 1.66. The Morgan fingerprint density at radius 2 is 2.00 bits per heavy atom. The fraction of sp³-hybridized carbons (Fsp3) is 0.125. The number of hydrogen-bond acceptors (Lipinski definition) is 3. The quantitative estimate of drug-likeness (QED) is 0.792. The van der Waals surface area contributed by atoms with E-state index in [1.807, 2.05) is 42.5 Å². The highest BCUT2D eigenvalue weighted by Crippen LogP contribution is 2.15. The van der Waals surface area contributed by atoms with Crippen LogP contribution in [0.1, 0.15) is 11.4 Å². The van der Waals surface area contributed by atoms with Crippen molar-refractivity contribution in [2.75, 3.05) is 7.11 Å². The van der Waals surface area contributed by atoms with E-state index in [4.69, 9.17) is 4.74 Å². The van der Waals surface area contributed by atoms with Gasteiger partial charge in [0.05, 0.1) is 18.0 Å². The molecule has 0 saturated heterocycles. The molecule has 0 saturated carbocycles. The Morgan fingerprint density at radius 3 is 2.85 bits per heavy atom. The van der Waals surface area contributed by atoms with Crippen LogP contribution in [-0.2, 0) is 6.42 Å². The van der Waals surface area contributed by atoms with Gasteiger partial charge in [0.1, 0.15) is 11.6 Å². The van der Waals surface area contributed by atoms with Gasteiger partial charge in [-0.25, -0.2) is 4.98 Å².